The smallest absolute Gasteiger partial charge is 0.324 e. The van der Waals surface area contributed by atoms with Gasteiger partial charge >= 0.3 is 5.97 Å². The number of hydrogen-bond acceptors (Lipinski definition) is 1. The molecule has 4 heteroatoms. The predicted octanol–water partition coefficient (Wildman–Crippen LogP) is 0.810. The molecule has 0 aromatic heterocycles. The van der Waals surface area contributed by atoms with Crippen molar-refractivity contribution in [3.05, 3.63) is 6.67 Å². The van der Waals surface area contributed by atoms with Gasteiger partial charge in [-0.2, -0.15) is 0 Å². The number of carboxylic acid groups (broad SMARTS) is 1. The molecule has 0 aromatic carbocycles. The SMILES string of the molecule is O=C(O)C(Cl)[CH]F. The first-order chi connectivity index (χ1) is 3.18. The quantitative estimate of drug-likeness (QED) is 0.555. The summed E-state index contributed by atoms with van der Waals surface area (Å²) < 4.78 is 11.0. The molecule has 0 spiro atoms. The molecule has 0 aliphatic rings. The van der Waals surface area contributed by atoms with Crippen LogP contribution < -0.4 is 0 Å². The lowest BCUT2D eigenvalue weighted by Crippen LogP contribution is -2.10. The summed E-state index contributed by atoms with van der Waals surface area (Å²) in [7, 11) is 0. The fourth-order valence-corrected chi connectivity index (χ4v) is 0.0539. The molecule has 0 fully saturated rings. The van der Waals surface area contributed by atoms with Gasteiger partial charge in [0, 0.05) is 0 Å². The van der Waals surface area contributed by atoms with Crippen molar-refractivity contribution in [2.75, 3.05) is 0 Å². The summed E-state index contributed by atoms with van der Waals surface area (Å²) in [5.41, 5.74) is 0. The highest BCUT2D eigenvalue weighted by Crippen LogP contribution is 1.99. The highest BCUT2D eigenvalue weighted by molar-refractivity contribution is 6.30. The lowest BCUT2D eigenvalue weighted by Gasteiger charge is -1.90. The third-order valence-electron chi connectivity index (χ3n) is 0.347. The zero-order valence-corrected chi connectivity index (χ0v) is 4.02. The fraction of sp³-hybridized carbons (Fsp3) is 0.333. The molecule has 0 aliphatic carbocycles. The van der Waals surface area contributed by atoms with Crippen molar-refractivity contribution in [2.45, 2.75) is 5.38 Å². The number of alkyl halides is 1. The van der Waals surface area contributed by atoms with Crippen molar-refractivity contribution in [1.29, 1.82) is 0 Å². The highest BCUT2D eigenvalue weighted by atomic mass is 35.5. The van der Waals surface area contributed by atoms with Crippen LogP contribution in [0.5, 0.6) is 0 Å². The van der Waals surface area contributed by atoms with Gasteiger partial charge in [0.25, 0.3) is 0 Å². The first-order valence-electron chi connectivity index (χ1n) is 1.49. The third kappa shape index (κ3) is 2.39. The molecule has 0 aliphatic heterocycles. The van der Waals surface area contributed by atoms with Crippen molar-refractivity contribution < 1.29 is 14.3 Å². The van der Waals surface area contributed by atoms with Crippen LogP contribution in [0.15, 0.2) is 0 Å². The molecule has 1 N–H and O–H groups in total. The van der Waals surface area contributed by atoms with E-state index in [4.69, 9.17) is 16.7 Å². The van der Waals surface area contributed by atoms with Crippen molar-refractivity contribution >= 4 is 17.6 Å². The van der Waals surface area contributed by atoms with Crippen LogP contribution in [-0.2, 0) is 4.79 Å². The van der Waals surface area contributed by atoms with Crippen LogP contribution in [0.3, 0.4) is 0 Å². The zero-order chi connectivity index (χ0) is 5.86. The Balaban J connectivity index is 3.34. The Hall–Kier alpha value is -0.310. The van der Waals surface area contributed by atoms with E-state index in [1.807, 2.05) is 0 Å². The number of carboxylic acids is 1. The monoisotopic (exact) mass is 125 g/mol. The van der Waals surface area contributed by atoms with Gasteiger partial charge in [-0.1, -0.05) is 0 Å². The first kappa shape index (κ1) is 6.69. The van der Waals surface area contributed by atoms with E-state index >= 15 is 0 Å². The van der Waals surface area contributed by atoms with Crippen LogP contribution in [0.4, 0.5) is 4.39 Å². The van der Waals surface area contributed by atoms with E-state index in [9.17, 15) is 9.18 Å². The maximum atomic E-state index is 11.0. The van der Waals surface area contributed by atoms with Crippen LogP contribution in [0, 0.1) is 6.67 Å². The Bertz CT molecular complexity index is 75.3. The van der Waals surface area contributed by atoms with Crippen molar-refractivity contribution in [3.63, 3.8) is 0 Å². The van der Waals surface area contributed by atoms with Gasteiger partial charge in [-0.3, -0.25) is 4.79 Å². The normalized spacial score (nSPS) is 13.4. The summed E-state index contributed by atoms with van der Waals surface area (Å²) in [5, 5.41) is 6.28. The number of hydrogen-bond donors (Lipinski definition) is 1. The Labute approximate surface area is 44.9 Å². The number of carbonyl (C=O) groups is 1. The maximum absolute atomic E-state index is 11.0. The van der Waals surface area contributed by atoms with Gasteiger partial charge in [0.2, 0.25) is 0 Å². The maximum Gasteiger partial charge on any atom is 0.324 e. The Kier molecular flexibility index (Phi) is 2.67. The lowest BCUT2D eigenvalue weighted by atomic mass is 10.5. The van der Waals surface area contributed by atoms with Crippen LogP contribution >= 0.6 is 11.6 Å². The van der Waals surface area contributed by atoms with E-state index < -0.39 is 11.3 Å². The number of rotatable bonds is 2. The van der Waals surface area contributed by atoms with E-state index in [0.717, 1.165) is 0 Å². The molecule has 0 heterocycles. The van der Waals surface area contributed by atoms with Gasteiger partial charge in [0.05, 0.1) is 0 Å². The molecule has 1 atom stereocenters. The standard InChI is InChI=1S/C3H3ClFO2/c4-2(1-5)3(6)7/h1-2H,(H,6,7). The minimum atomic E-state index is -1.50. The average molecular weight is 126 g/mol. The van der Waals surface area contributed by atoms with Crippen molar-refractivity contribution in [3.8, 4) is 0 Å². The second-order valence-electron chi connectivity index (χ2n) is 0.866. The Morgan fingerprint density at radius 3 is 2.43 bits per heavy atom. The van der Waals surface area contributed by atoms with Gasteiger partial charge in [-0.15, -0.1) is 11.6 Å². The molecule has 0 bridgehead atoms. The average Bonchev–Trinajstić information content (AvgIpc) is 1.65. The minimum Gasteiger partial charge on any atom is -0.480 e. The molecule has 41 valence electrons. The van der Waals surface area contributed by atoms with Gasteiger partial charge in [0.1, 0.15) is 0 Å². The molecule has 0 saturated heterocycles. The third-order valence-corrected chi connectivity index (χ3v) is 0.628. The van der Waals surface area contributed by atoms with Crippen molar-refractivity contribution in [2.24, 2.45) is 0 Å². The fourth-order valence-electron chi connectivity index (χ4n) is 0.0539. The summed E-state index contributed by atoms with van der Waals surface area (Å²) in [6.07, 6.45) is 0. The second kappa shape index (κ2) is 2.80. The highest BCUT2D eigenvalue weighted by Gasteiger charge is 2.11. The summed E-state index contributed by atoms with van der Waals surface area (Å²) in [5.74, 6) is -1.37. The molecular weight excluding hydrogens is 122 g/mol. The molecule has 0 saturated carbocycles. The molecule has 2 nitrogen and oxygen atoms in total. The summed E-state index contributed by atoms with van der Waals surface area (Å²) in [6, 6.07) is 0. The van der Waals surface area contributed by atoms with E-state index in [1.54, 1.807) is 0 Å². The van der Waals surface area contributed by atoms with Crippen LogP contribution in [-0.4, -0.2) is 16.5 Å². The summed E-state index contributed by atoms with van der Waals surface area (Å²) in [4.78, 5) is 9.53. The largest absolute Gasteiger partial charge is 0.480 e. The molecule has 0 amide bonds. The van der Waals surface area contributed by atoms with E-state index in [-0.39, 0.29) is 6.67 Å². The van der Waals surface area contributed by atoms with E-state index in [1.165, 1.54) is 0 Å². The molecule has 0 aromatic rings. The van der Waals surface area contributed by atoms with Crippen LogP contribution in [0.25, 0.3) is 0 Å². The topological polar surface area (TPSA) is 37.3 Å². The summed E-state index contributed by atoms with van der Waals surface area (Å²) >= 11 is 4.77. The molecule has 7 heavy (non-hydrogen) atoms. The van der Waals surface area contributed by atoms with Crippen LogP contribution in [0.2, 0.25) is 0 Å². The summed E-state index contributed by atoms with van der Waals surface area (Å²) in [6.45, 7) is -0.0934. The number of aliphatic carboxylic acids is 1. The van der Waals surface area contributed by atoms with Gasteiger partial charge in [0.15, 0.2) is 12.1 Å². The van der Waals surface area contributed by atoms with Gasteiger partial charge < -0.3 is 5.11 Å². The second-order valence-corrected chi connectivity index (χ2v) is 1.34. The molecule has 1 unspecified atom stereocenters. The zero-order valence-electron chi connectivity index (χ0n) is 3.27. The molecule has 1 radical (unpaired) electrons. The minimum absolute atomic E-state index is 0.0934. The number of halogens is 2. The Morgan fingerprint density at radius 2 is 2.43 bits per heavy atom. The first-order valence-corrected chi connectivity index (χ1v) is 1.92. The van der Waals surface area contributed by atoms with Crippen molar-refractivity contribution in [1.82, 2.24) is 0 Å². The Morgan fingerprint density at radius 1 is 2.00 bits per heavy atom. The lowest BCUT2D eigenvalue weighted by molar-refractivity contribution is -0.136. The van der Waals surface area contributed by atoms with Gasteiger partial charge in [-0.05, 0) is 0 Å². The van der Waals surface area contributed by atoms with Crippen LogP contribution in [0.1, 0.15) is 0 Å². The predicted molar refractivity (Wildman–Crippen MR) is 22.7 cm³/mol. The molecular formula is C3H3ClFO2. The molecule has 0 rings (SSSR count). The van der Waals surface area contributed by atoms with Gasteiger partial charge in [-0.25, -0.2) is 4.39 Å². The van der Waals surface area contributed by atoms with E-state index in [2.05, 4.69) is 0 Å². The van der Waals surface area contributed by atoms with E-state index in [0.29, 0.717) is 0 Å².